The van der Waals surface area contributed by atoms with Gasteiger partial charge in [0.1, 0.15) is 24.6 Å². The van der Waals surface area contributed by atoms with Crippen LogP contribution in [0.4, 0.5) is 10.6 Å². The highest BCUT2D eigenvalue weighted by Crippen LogP contribution is 2.34. The number of aromatic nitrogens is 4. The molecule has 3 amide bonds. The molecule has 0 spiro atoms. The van der Waals surface area contributed by atoms with Gasteiger partial charge in [0.05, 0.1) is 18.4 Å². The first-order valence-corrected chi connectivity index (χ1v) is 16.4. The Morgan fingerprint density at radius 2 is 1.93 bits per heavy atom. The summed E-state index contributed by atoms with van der Waals surface area (Å²) in [4.78, 5) is 37.4. The lowest BCUT2D eigenvalue weighted by molar-refractivity contribution is -0.122. The zero-order chi connectivity index (χ0) is 30.9. The number of fused-ring (bicyclic) bond motifs is 3. The number of aliphatic hydroxyl groups excluding tert-OH is 2. The van der Waals surface area contributed by atoms with Gasteiger partial charge in [0.15, 0.2) is 23.2 Å². The van der Waals surface area contributed by atoms with Gasteiger partial charge in [0.2, 0.25) is 5.91 Å². The van der Waals surface area contributed by atoms with E-state index in [4.69, 9.17) is 4.74 Å². The molecule has 236 valence electrons. The van der Waals surface area contributed by atoms with Gasteiger partial charge in [0, 0.05) is 30.5 Å². The molecule has 7 atom stereocenters. The van der Waals surface area contributed by atoms with E-state index in [0.717, 1.165) is 41.4 Å². The summed E-state index contributed by atoms with van der Waals surface area (Å²) in [5.74, 6) is 1.32. The summed E-state index contributed by atoms with van der Waals surface area (Å²) >= 11 is 1.86. The Kier molecular flexibility index (Phi) is 8.45. The van der Waals surface area contributed by atoms with Gasteiger partial charge < -0.3 is 36.2 Å². The number of carbonyl (C=O) groups is 2. The summed E-state index contributed by atoms with van der Waals surface area (Å²) in [5, 5.41) is 36.4. The van der Waals surface area contributed by atoms with Crippen molar-refractivity contribution in [2.75, 3.05) is 17.6 Å². The van der Waals surface area contributed by atoms with Gasteiger partial charge in [-0.15, -0.1) is 0 Å². The predicted octanol–water partition coefficient (Wildman–Crippen LogP) is 2.05. The molecule has 0 radical (unpaired) electrons. The zero-order valence-electron chi connectivity index (χ0n) is 24.5. The number of urea groups is 1. The van der Waals surface area contributed by atoms with Crippen LogP contribution in [0.3, 0.4) is 0 Å². The second-order valence-corrected chi connectivity index (χ2v) is 13.0. The molecule has 3 fully saturated rings. The van der Waals surface area contributed by atoms with Gasteiger partial charge in [-0.1, -0.05) is 48.9 Å². The molecule has 13 nitrogen and oxygen atoms in total. The van der Waals surface area contributed by atoms with Crippen LogP contribution in [0.2, 0.25) is 0 Å². The molecule has 3 aliphatic rings. The lowest BCUT2D eigenvalue weighted by Crippen LogP contribution is -2.39. The van der Waals surface area contributed by atoms with Gasteiger partial charge in [-0.2, -0.15) is 11.8 Å². The van der Waals surface area contributed by atoms with Crippen LogP contribution in [0, 0.1) is 0 Å². The van der Waals surface area contributed by atoms with Crippen LogP contribution in [0.25, 0.3) is 21.9 Å². The van der Waals surface area contributed by atoms with Crippen LogP contribution in [0.5, 0.6) is 0 Å². The normalized spacial score (nSPS) is 27.4. The highest BCUT2D eigenvalue weighted by atomic mass is 32.2. The van der Waals surface area contributed by atoms with E-state index in [0.29, 0.717) is 35.2 Å². The van der Waals surface area contributed by atoms with Crippen molar-refractivity contribution >= 4 is 51.5 Å². The number of nitrogens with zero attached hydrogens (tertiary/aromatic N) is 4. The van der Waals surface area contributed by atoms with Gasteiger partial charge in [-0.25, -0.2) is 19.7 Å². The summed E-state index contributed by atoms with van der Waals surface area (Å²) < 4.78 is 7.62. The number of imidazole rings is 1. The monoisotopic (exact) mass is 632 g/mol. The molecular weight excluding hydrogens is 596 g/mol. The van der Waals surface area contributed by atoms with E-state index in [-0.39, 0.29) is 30.6 Å². The Morgan fingerprint density at radius 3 is 2.84 bits per heavy atom. The van der Waals surface area contributed by atoms with Crippen molar-refractivity contribution in [1.82, 2.24) is 35.5 Å². The van der Waals surface area contributed by atoms with Gasteiger partial charge in [-0.3, -0.25) is 9.36 Å². The van der Waals surface area contributed by atoms with E-state index in [9.17, 15) is 19.8 Å². The average molecular weight is 633 g/mol. The van der Waals surface area contributed by atoms with Crippen LogP contribution in [-0.2, 0) is 16.1 Å². The summed E-state index contributed by atoms with van der Waals surface area (Å²) in [5.41, 5.74) is 2.08. The second kappa shape index (κ2) is 12.8. The molecule has 0 unspecified atom stereocenters. The lowest BCUT2D eigenvalue weighted by Gasteiger charge is -2.17. The first-order valence-electron chi connectivity index (χ1n) is 15.3. The van der Waals surface area contributed by atoms with Crippen molar-refractivity contribution in [3.05, 3.63) is 60.7 Å². The van der Waals surface area contributed by atoms with Gasteiger partial charge in [0.25, 0.3) is 0 Å². The highest BCUT2D eigenvalue weighted by Gasteiger charge is 2.45. The Balaban J connectivity index is 0.923. The predicted molar refractivity (Wildman–Crippen MR) is 169 cm³/mol. The minimum Gasteiger partial charge on any atom is -0.387 e. The largest absolute Gasteiger partial charge is 0.387 e. The SMILES string of the molecule is O=C(CCCC[C@@H]1SC[C@@H]2NC(=O)N[C@@H]21)NC[C@H]1O[C@@H](n2cnc3c(NCc4cccc5ccccc45)ncnc32)[C@H](O)[C@@H]1O. The van der Waals surface area contributed by atoms with E-state index in [1.165, 1.54) is 12.7 Å². The molecule has 2 aromatic heterocycles. The molecule has 0 saturated carbocycles. The smallest absolute Gasteiger partial charge is 0.315 e. The molecule has 0 aliphatic carbocycles. The third kappa shape index (κ3) is 6.02. The van der Waals surface area contributed by atoms with Crippen molar-refractivity contribution in [3.63, 3.8) is 0 Å². The van der Waals surface area contributed by atoms with Crippen molar-refractivity contribution in [2.45, 2.75) is 74.1 Å². The number of amides is 3. The first kappa shape index (κ1) is 29.7. The molecular formula is C31H36N8O5S. The minimum absolute atomic E-state index is 0.0624. The fraction of sp³-hybridized carbons (Fsp3) is 0.452. The highest BCUT2D eigenvalue weighted by molar-refractivity contribution is 8.00. The van der Waals surface area contributed by atoms with Crippen LogP contribution >= 0.6 is 11.8 Å². The summed E-state index contributed by atoms with van der Waals surface area (Å²) in [6.45, 7) is 0.590. The number of unbranched alkanes of at least 4 members (excludes halogenated alkanes) is 1. The first-order chi connectivity index (χ1) is 22.0. The van der Waals surface area contributed by atoms with E-state index < -0.39 is 24.5 Å². The Morgan fingerprint density at radius 1 is 1.07 bits per heavy atom. The van der Waals surface area contributed by atoms with Gasteiger partial charge in [-0.05, 0) is 29.2 Å². The fourth-order valence-corrected chi connectivity index (χ4v) is 8.04. The molecule has 5 heterocycles. The number of rotatable bonds is 11. The van der Waals surface area contributed by atoms with Crippen LogP contribution in [0.1, 0.15) is 37.5 Å². The molecule has 4 aromatic rings. The van der Waals surface area contributed by atoms with Crippen molar-refractivity contribution in [3.8, 4) is 0 Å². The van der Waals surface area contributed by atoms with Crippen molar-refractivity contribution in [2.24, 2.45) is 0 Å². The molecule has 2 aromatic carbocycles. The number of anilines is 1. The van der Waals surface area contributed by atoms with E-state index in [2.05, 4.69) is 60.5 Å². The van der Waals surface area contributed by atoms with E-state index in [1.54, 1.807) is 4.57 Å². The molecule has 3 aliphatic heterocycles. The Hall–Kier alpha value is -3.98. The standard InChI is InChI=1S/C31H36N8O5S/c40-23(11-4-3-10-22-24-20(14-45-22)37-31(43)38-24)32-13-21-26(41)27(42)30(44-21)39-16-36-25-28(34-15-35-29(25)39)33-12-18-8-5-7-17-6-1-2-9-19(17)18/h1-2,5-9,15-16,20-22,24,26-27,30,41-42H,3-4,10-14H2,(H,32,40)(H,33,34,35)(H2,37,38,43)/t20-,21+,22-,24-,26+,27+,30+/m0/s1. The summed E-state index contributed by atoms with van der Waals surface area (Å²) in [7, 11) is 0. The van der Waals surface area contributed by atoms with Crippen LogP contribution in [-0.4, -0.2) is 89.6 Å². The number of hydrogen-bond donors (Lipinski definition) is 6. The maximum atomic E-state index is 12.5. The van der Waals surface area contributed by atoms with Crippen molar-refractivity contribution in [1.29, 1.82) is 0 Å². The molecule has 3 saturated heterocycles. The molecule has 6 N–H and O–H groups in total. The van der Waals surface area contributed by atoms with E-state index in [1.807, 2.05) is 30.0 Å². The quantitative estimate of drug-likeness (QED) is 0.106. The van der Waals surface area contributed by atoms with E-state index >= 15 is 0 Å². The topological polar surface area (TPSA) is 176 Å². The number of nitrogens with one attached hydrogen (secondary N) is 4. The number of thioether (sulfide) groups is 1. The maximum Gasteiger partial charge on any atom is 0.315 e. The summed E-state index contributed by atoms with van der Waals surface area (Å²) in [6, 6.07) is 14.6. The van der Waals surface area contributed by atoms with Gasteiger partial charge >= 0.3 is 6.03 Å². The molecule has 45 heavy (non-hydrogen) atoms. The number of aliphatic hydroxyl groups is 2. The summed E-state index contributed by atoms with van der Waals surface area (Å²) in [6.07, 6.45) is 1.62. The minimum atomic E-state index is -1.25. The average Bonchev–Trinajstić information content (AvgIpc) is 3.81. The fourth-order valence-electron chi connectivity index (χ4n) is 6.50. The van der Waals surface area contributed by atoms with Crippen LogP contribution in [0.15, 0.2) is 55.1 Å². The van der Waals surface area contributed by atoms with Crippen LogP contribution < -0.4 is 21.3 Å². The third-order valence-electron chi connectivity index (χ3n) is 8.88. The number of carbonyl (C=O) groups excluding carboxylic acids is 2. The second-order valence-electron chi connectivity index (χ2n) is 11.8. The molecule has 0 bridgehead atoms. The number of benzene rings is 2. The third-order valence-corrected chi connectivity index (χ3v) is 10.4. The molecule has 7 rings (SSSR count). The molecule has 14 heteroatoms. The number of hydrogen-bond acceptors (Lipinski definition) is 10. The van der Waals surface area contributed by atoms with Crippen molar-refractivity contribution < 1.29 is 24.5 Å². The number of ether oxygens (including phenoxy) is 1. The lowest BCUT2D eigenvalue weighted by atomic mass is 10.0. The Labute approximate surface area is 263 Å². The zero-order valence-corrected chi connectivity index (χ0v) is 25.3. The maximum absolute atomic E-state index is 12.5. The Bertz CT molecular complexity index is 1700.